The van der Waals surface area contributed by atoms with E-state index in [4.69, 9.17) is 9.97 Å². The lowest BCUT2D eigenvalue weighted by Gasteiger charge is -2.34. The number of likely N-dealkylation sites (tertiary alicyclic amines) is 1. The number of carbonyl (C=O) groups excluding carboxylic acids is 1. The van der Waals surface area contributed by atoms with Gasteiger partial charge in [-0.15, -0.1) is 0 Å². The lowest BCUT2D eigenvalue weighted by molar-refractivity contribution is 0.0795. The summed E-state index contributed by atoms with van der Waals surface area (Å²) in [6.45, 7) is 9.61. The number of aliphatic hydroxyl groups is 1. The molecule has 1 saturated heterocycles. The van der Waals surface area contributed by atoms with Crippen molar-refractivity contribution in [2.75, 3.05) is 19.6 Å². The number of hydrogen-bond acceptors (Lipinski definition) is 6. The zero-order valence-corrected chi connectivity index (χ0v) is 24.4. The number of aryl methyl sites for hydroxylation is 1. The number of halogens is 1. The van der Waals surface area contributed by atoms with Gasteiger partial charge >= 0.3 is 0 Å². The number of rotatable bonds is 6. The van der Waals surface area contributed by atoms with E-state index in [1.807, 2.05) is 12.1 Å². The number of hydrogen-bond donors (Lipinski definition) is 2. The average molecular weight is 586 g/mol. The molecule has 6 nitrogen and oxygen atoms in total. The number of amides is 1. The van der Waals surface area contributed by atoms with Crippen molar-refractivity contribution in [2.45, 2.75) is 71.4 Å². The molecular formula is C29H37BrN4O2S. The monoisotopic (exact) mass is 584 g/mol. The Morgan fingerprint density at radius 1 is 1.19 bits per heavy atom. The number of piperidine rings is 1. The molecule has 37 heavy (non-hydrogen) atoms. The Hall–Kier alpha value is -1.87. The summed E-state index contributed by atoms with van der Waals surface area (Å²) in [6, 6.07) is 10.2. The number of thiazole rings is 1. The Bertz CT molecular complexity index is 1250. The predicted molar refractivity (Wildman–Crippen MR) is 153 cm³/mol. The highest BCUT2D eigenvalue weighted by molar-refractivity contribution is 9.10. The van der Waals surface area contributed by atoms with E-state index in [0.717, 1.165) is 78.5 Å². The van der Waals surface area contributed by atoms with Crippen molar-refractivity contribution in [2.24, 2.45) is 11.3 Å². The van der Waals surface area contributed by atoms with Crippen LogP contribution < -0.4 is 5.32 Å². The van der Waals surface area contributed by atoms with Gasteiger partial charge in [-0.1, -0.05) is 60.2 Å². The third-order valence-electron chi connectivity index (χ3n) is 8.04. The SMILES string of the molecule is CC(C)(C)[C@H]1CCc2nc3sc(C(=O)NC(CCN4CCC(O)CC4)c4ccc(Br)cc4)nc3cc2C1. The van der Waals surface area contributed by atoms with Gasteiger partial charge < -0.3 is 15.3 Å². The largest absolute Gasteiger partial charge is 0.393 e. The highest BCUT2D eigenvalue weighted by atomic mass is 79.9. The van der Waals surface area contributed by atoms with Crippen molar-refractivity contribution in [1.29, 1.82) is 0 Å². The summed E-state index contributed by atoms with van der Waals surface area (Å²) in [7, 11) is 0. The summed E-state index contributed by atoms with van der Waals surface area (Å²) in [6.07, 6.45) is 5.42. The molecule has 198 valence electrons. The number of fused-ring (bicyclic) bond motifs is 2. The van der Waals surface area contributed by atoms with Crippen LogP contribution in [0.15, 0.2) is 34.8 Å². The zero-order chi connectivity index (χ0) is 26.2. The van der Waals surface area contributed by atoms with Gasteiger partial charge in [0.25, 0.3) is 5.91 Å². The predicted octanol–water partition coefficient (Wildman–Crippen LogP) is 5.92. The Morgan fingerprint density at radius 2 is 1.92 bits per heavy atom. The van der Waals surface area contributed by atoms with Crippen molar-refractivity contribution in [3.05, 3.63) is 56.6 Å². The minimum atomic E-state index is -0.184. The van der Waals surface area contributed by atoms with Crippen LogP contribution in [0.2, 0.25) is 0 Å². The zero-order valence-electron chi connectivity index (χ0n) is 22.0. The molecule has 2 aromatic heterocycles. The topological polar surface area (TPSA) is 78.4 Å². The third kappa shape index (κ3) is 6.41. The maximum absolute atomic E-state index is 13.4. The molecule has 3 heterocycles. The Morgan fingerprint density at radius 3 is 2.62 bits per heavy atom. The van der Waals surface area contributed by atoms with Crippen molar-refractivity contribution < 1.29 is 9.90 Å². The summed E-state index contributed by atoms with van der Waals surface area (Å²) >= 11 is 4.91. The van der Waals surface area contributed by atoms with Gasteiger partial charge in [0.1, 0.15) is 10.3 Å². The lowest BCUT2D eigenvalue weighted by atomic mass is 9.71. The number of carbonyl (C=O) groups is 1. The second-order valence-electron chi connectivity index (χ2n) is 11.7. The first-order valence-electron chi connectivity index (χ1n) is 13.4. The van der Waals surface area contributed by atoms with E-state index < -0.39 is 0 Å². The molecule has 8 heteroatoms. The van der Waals surface area contributed by atoms with Gasteiger partial charge in [0.05, 0.1) is 12.1 Å². The van der Waals surface area contributed by atoms with Crippen LogP contribution in [-0.2, 0) is 12.8 Å². The average Bonchev–Trinajstić information content (AvgIpc) is 3.28. The summed E-state index contributed by atoms with van der Waals surface area (Å²) < 4.78 is 1.02. The lowest BCUT2D eigenvalue weighted by Crippen LogP contribution is -2.38. The highest BCUT2D eigenvalue weighted by Crippen LogP contribution is 2.38. The fourth-order valence-electron chi connectivity index (χ4n) is 5.54. The molecule has 2 atom stereocenters. The third-order valence-corrected chi connectivity index (χ3v) is 9.53. The molecule has 1 aliphatic carbocycles. The normalized spacial score (nSPS) is 20.1. The van der Waals surface area contributed by atoms with Crippen molar-refractivity contribution in [1.82, 2.24) is 20.2 Å². The molecule has 2 N–H and O–H groups in total. The minimum Gasteiger partial charge on any atom is -0.393 e. The Balaban J connectivity index is 1.32. The standard InChI is InChI=1S/C29H37BrN4O2S/c1-29(2,3)20-6-9-23-19(16-20)17-25-27(32-23)37-28(33-25)26(36)31-24(18-4-7-21(30)8-5-18)12-15-34-13-10-22(35)11-14-34/h4-5,7-8,17,20,22,24,35H,6,9-16H2,1-3H3,(H,31,36)/t20-,24?/m0/s1. The van der Waals surface area contributed by atoms with Gasteiger partial charge in [0.2, 0.25) is 0 Å². The highest BCUT2D eigenvalue weighted by Gasteiger charge is 2.30. The Labute approximate surface area is 232 Å². The van der Waals surface area contributed by atoms with Crippen molar-refractivity contribution >= 4 is 43.5 Å². The van der Waals surface area contributed by atoms with E-state index in [1.54, 1.807) is 0 Å². The minimum absolute atomic E-state index is 0.117. The number of benzene rings is 1. The first-order chi connectivity index (χ1) is 17.7. The van der Waals surface area contributed by atoms with Gasteiger partial charge in [-0.2, -0.15) is 0 Å². The van der Waals surface area contributed by atoms with E-state index in [1.165, 1.54) is 22.6 Å². The molecule has 0 bridgehead atoms. The molecule has 1 aromatic carbocycles. The molecule has 0 spiro atoms. The number of aromatic nitrogens is 2. The van der Waals surface area contributed by atoms with Crippen LogP contribution >= 0.6 is 27.3 Å². The number of aliphatic hydroxyl groups excluding tert-OH is 1. The second kappa shape index (κ2) is 11.1. The van der Waals surface area contributed by atoms with Crippen LogP contribution in [0.25, 0.3) is 10.3 Å². The Kier molecular flexibility index (Phi) is 8.01. The number of nitrogens with one attached hydrogen (secondary N) is 1. The van der Waals surface area contributed by atoms with E-state index in [9.17, 15) is 9.90 Å². The van der Waals surface area contributed by atoms with Crippen LogP contribution in [0.3, 0.4) is 0 Å². The summed E-state index contributed by atoms with van der Waals surface area (Å²) in [5.74, 6) is 0.492. The van der Waals surface area contributed by atoms with Crippen molar-refractivity contribution in [3.63, 3.8) is 0 Å². The van der Waals surface area contributed by atoms with E-state index >= 15 is 0 Å². The van der Waals surface area contributed by atoms with Gasteiger partial charge in [0.15, 0.2) is 5.01 Å². The van der Waals surface area contributed by atoms with Crippen LogP contribution in [0.4, 0.5) is 0 Å². The van der Waals surface area contributed by atoms with E-state index in [0.29, 0.717) is 10.9 Å². The molecule has 1 amide bonds. The summed E-state index contributed by atoms with van der Waals surface area (Å²) in [4.78, 5) is 26.3. The van der Waals surface area contributed by atoms with E-state index in [-0.39, 0.29) is 23.5 Å². The van der Waals surface area contributed by atoms with Crippen LogP contribution in [-0.4, -0.2) is 51.6 Å². The fraction of sp³-hybridized carbons (Fsp3) is 0.552. The van der Waals surface area contributed by atoms with Gasteiger partial charge in [-0.05, 0) is 79.2 Å². The molecular weight excluding hydrogens is 548 g/mol. The number of pyridine rings is 1. The summed E-state index contributed by atoms with van der Waals surface area (Å²) in [5, 5.41) is 13.6. The molecule has 1 fully saturated rings. The molecule has 1 aliphatic heterocycles. The second-order valence-corrected chi connectivity index (χ2v) is 13.6. The van der Waals surface area contributed by atoms with Crippen LogP contribution in [0.5, 0.6) is 0 Å². The maximum Gasteiger partial charge on any atom is 0.280 e. The molecule has 3 aromatic rings. The smallest absolute Gasteiger partial charge is 0.280 e. The number of nitrogens with zero attached hydrogens (tertiary/aromatic N) is 3. The van der Waals surface area contributed by atoms with E-state index in [2.05, 4.69) is 65.1 Å². The molecule has 5 rings (SSSR count). The first-order valence-corrected chi connectivity index (χ1v) is 15.0. The van der Waals surface area contributed by atoms with Crippen molar-refractivity contribution in [3.8, 4) is 0 Å². The molecule has 0 saturated carbocycles. The quantitative estimate of drug-likeness (QED) is 0.376. The fourth-order valence-corrected chi connectivity index (χ4v) is 6.65. The first kappa shape index (κ1) is 26.7. The molecule has 2 aliphatic rings. The van der Waals surface area contributed by atoms with Gasteiger partial charge in [-0.25, -0.2) is 9.97 Å². The van der Waals surface area contributed by atoms with Gasteiger partial charge in [-0.3, -0.25) is 4.79 Å². The summed E-state index contributed by atoms with van der Waals surface area (Å²) in [5.41, 5.74) is 4.64. The van der Waals surface area contributed by atoms with Gasteiger partial charge in [0, 0.05) is 29.8 Å². The molecule has 0 radical (unpaired) electrons. The maximum atomic E-state index is 13.4. The molecule has 1 unspecified atom stereocenters. The van der Waals surface area contributed by atoms with Crippen LogP contribution in [0, 0.1) is 11.3 Å². The van der Waals surface area contributed by atoms with Crippen LogP contribution in [0.1, 0.15) is 79.1 Å².